The quantitative estimate of drug-likeness (QED) is 0.114. The van der Waals surface area contributed by atoms with E-state index in [2.05, 4.69) is 17.2 Å². The van der Waals surface area contributed by atoms with Gasteiger partial charge in [-0.15, -0.1) is 11.6 Å². The highest BCUT2D eigenvalue weighted by Gasteiger charge is 2.34. The van der Waals surface area contributed by atoms with Crippen LogP contribution in [0.4, 0.5) is 5.69 Å². The molecule has 0 saturated heterocycles. The molecule has 0 fully saturated rings. The Morgan fingerprint density at radius 1 is 1.08 bits per heavy atom. The number of carbonyl (C=O) groups is 2. The lowest BCUT2D eigenvalue weighted by Gasteiger charge is -2.14. The van der Waals surface area contributed by atoms with Crippen molar-refractivity contribution in [3.8, 4) is 5.69 Å². The standard InChI is InChI=1S/C27H34ClN3O6S/c1-3-4-5-6-7-8-15-37-26(32)17-25(38(34,35)36)27(33)30-21-11-14-24-23(16-21)29-19(2)31(24)22-12-9-20(18-28)10-13-22/h9-14,16,25H,3-8,15,17-18H2,1-2H3,(H,30,33)(H,34,35,36). The number of unbranched alkanes of at least 4 members (excludes halogenated alkanes) is 5. The first-order chi connectivity index (χ1) is 18.1. The molecule has 2 N–H and O–H groups in total. The van der Waals surface area contributed by atoms with Crippen LogP contribution in [-0.2, 0) is 30.3 Å². The van der Waals surface area contributed by atoms with Crippen LogP contribution in [0.15, 0.2) is 42.5 Å². The number of amides is 1. The molecule has 3 aromatic rings. The zero-order valence-electron chi connectivity index (χ0n) is 21.7. The number of alkyl halides is 1. The highest BCUT2D eigenvalue weighted by atomic mass is 35.5. The summed E-state index contributed by atoms with van der Waals surface area (Å²) in [6.45, 7) is 4.11. The molecule has 1 atom stereocenters. The second kappa shape index (κ2) is 13.7. The van der Waals surface area contributed by atoms with E-state index in [1.807, 2.05) is 35.8 Å². The summed E-state index contributed by atoms with van der Waals surface area (Å²) < 4.78 is 40.5. The third-order valence-corrected chi connectivity index (χ3v) is 7.61. The highest BCUT2D eigenvalue weighted by Crippen LogP contribution is 2.25. The van der Waals surface area contributed by atoms with Crippen molar-refractivity contribution in [2.24, 2.45) is 0 Å². The molecule has 0 saturated carbocycles. The van der Waals surface area contributed by atoms with Gasteiger partial charge >= 0.3 is 5.97 Å². The van der Waals surface area contributed by atoms with Gasteiger partial charge in [0, 0.05) is 17.3 Å². The predicted octanol–water partition coefficient (Wildman–Crippen LogP) is 5.56. The lowest BCUT2D eigenvalue weighted by Crippen LogP contribution is -2.37. The Bertz CT molecular complexity index is 1360. The molecule has 11 heteroatoms. The Balaban J connectivity index is 1.66. The Morgan fingerprint density at radius 3 is 2.42 bits per heavy atom. The Kier molecular flexibility index (Phi) is 10.7. The SMILES string of the molecule is CCCCCCCCOC(=O)CC(C(=O)Nc1ccc2c(c1)nc(C)n2-c1ccc(CCl)cc1)S(=O)(=O)O. The van der Waals surface area contributed by atoms with Crippen molar-refractivity contribution in [1.29, 1.82) is 0 Å². The lowest BCUT2D eigenvalue weighted by atomic mass is 10.1. The van der Waals surface area contributed by atoms with Gasteiger partial charge in [-0.05, 0) is 49.2 Å². The summed E-state index contributed by atoms with van der Waals surface area (Å²) in [5.74, 6) is -0.766. The van der Waals surface area contributed by atoms with Crippen molar-refractivity contribution >= 4 is 50.3 Å². The van der Waals surface area contributed by atoms with Gasteiger partial charge in [0.1, 0.15) is 5.82 Å². The molecule has 2 aromatic carbocycles. The number of hydrogen-bond acceptors (Lipinski definition) is 6. The maximum Gasteiger partial charge on any atom is 0.307 e. The molecule has 1 unspecified atom stereocenters. The minimum absolute atomic E-state index is 0.137. The van der Waals surface area contributed by atoms with Gasteiger partial charge < -0.3 is 10.1 Å². The van der Waals surface area contributed by atoms with Crippen LogP contribution in [0.5, 0.6) is 0 Å². The number of nitrogens with one attached hydrogen (secondary N) is 1. The number of anilines is 1. The minimum atomic E-state index is -4.85. The molecule has 1 aromatic heterocycles. The smallest absolute Gasteiger partial charge is 0.307 e. The molecule has 0 aliphatic carbocycles. The monoisotopic (exact) mass is 563 g/mol. The predicted molar refractivity (Wildman–Crippen MR) is 148 cm³/mol. The van der Waals surface area contributed by atoms with Gasteiger partial charge in [0.2, 0.25) is 5.91 Å². The molecule has 0 radical (unpaired) electrons. The summed E-state index contributed by atoms with van der Waals surface area (Å²) in [5, 5.41) is 0.485. The van der Waals surface area contributed by atoms with Crippen LogP contribution >= 0.6 is 11.6 Å². The summed E-state index contributed by atoms with van der Waals surface area (Å²) in [6, 6.07) is 12.7. The zero-order chi connectivity index (χ0) is 27.7. The van der Waals surface area contributed by atoms with Crippen LogP contribution in [0.3, 0.4) is 0 Å². The number of carbonyl (C=O) groups excluding carboxylic acids is 2. The average Bonchev–Trinajstić information content (AvgIpc) is 3.20. The molecule has 1 heterocycles. The Morgan fingerprint density at radius 2 is 1.76 bits per heavy atom. The highest BCUT2D eigenvalue weighted by molar-refractivity contribution is 7.87. The second-order valence-corrected chi connectivity index (χ2v) is 11.0. The van der Waals surface area contributed by atoms with Crippen molar-refractivity contribution in [2.45, 2.75) is 69.9 Å². The number of aryl methyl sites for hydroxylation is 1. The number of nitrogens with zero attached hydrogens (tertiary/aromatic N) is 2. The van der Waals surface area contributed by atoms with Gasteiger partial charge in [-0.2, -0.15) is 8.42 Å². The number of hydrogen-bond donors (Lipinski definition) is 2. The van der Waals surface area contributed by atoms with Crippen LogP contribution in [0, 0.1) is 6.92 Å². The lowest BCUT2D eigenvalue weighted by molar-refractivity contribution is -0.144. The fraction of sp³-hybridized carbons (Fsp3) is 0.444. The largest absolute Gasteiger partial charge is 0.466 e. The molecule has 3 rings (SSSR count). The molecule has 0 aliphatic rings. The van der Waals surface area contributed by atoms with Crippen molar-refractivity contribution < 1.29 is 27.3 Å². The summed E-state index contributed by atoms with van der Waals surface area (Å²) >= 11 is 5.88. The third-order valence-electron chi connectivity index (χ3n) is 6.20. The van der Waals surface area contributed by atoms with Crippen molar-refractivity contribution in [3.05, 3.63) is 53.9 Å². The molecule has 1 amide bonds. The molecular formula is C27H34ClN3O6S. The number of rotatable bonds is 14. The Hall–Kier alpha value is -2.95. The molecule has 9 nitrogen and oxygen atoms in total. The number of esters is 1. The van der Waals surface area contributed by atoms with Crippen molar-refractivity contribution in [1.82, 2.24) is 9.55 Å². The molecule has 38 heavy (non-hydrogen) atoms. The number of imidazole rings is 1. The van der Waals surface area contributed by atoms with Gasteiger partial charge in [0.25, 0.3) is 10.1 Å². The van der Waals surface area contributed by atoms with E-state index in [-0.39, 0.29) is 12.3 Å². The number of benzene rings is 2. The Labute approximate surface area is 228 Å². The number of aromatic nitrogens is 2. The molecule has 0 bridgehead atoms. The van der Waals surface area contributed by atoms with E-state index in [4.69, 9.17) is 16.3 Å². The van der Waals surface area contributed by atoms with Gasteiger partial charge in [-0.25, -0.2) is 4.98 Å². The van der Waals surface area contributed by atoms with Crippen LogP contribution < -0.4 is 5.32 Å². The summed E-state index contributed by atoms with van der Waals surface area (Å²) in [6.07, 6.45) is 5.20. The molecule has 206 valence electrons. The maximum atomic E-state index is 12.8. The number of halogens is 1. The zero-order valence-corrected chi connectivity index (χ0v) is 23.2. The van der Waals surface area contributed by atoms with Crippen LogP contribution in [-0.4, -0.2) is 46.3 Å². The van der Waals surface area contributed by atoms with E-state index < -0.39 is 33.7 Å². The fourth-order valence-corrected chi connectivity index (χ4v) is 5.03. The molecule has 0 aliphatic heterocycles. The van der Waals surface area contributed by atoms with Crippen molar-refractivity contribution in [3.63, 3.8) is 0 Å². The van der Waals surface area contributed by atoms with E-state index in [1.54, 1.807) is 18.2 Å². The topological polar surface area (TPSA) is 128 Å². The average molecular weight is 564 g/mol. The van der Waals surface area contributed by atoms with Crippen LogP contribution in [0.25, 0.3) is 16.7 Å². The van der Waals surface area contributed by atoms with Gasteiger partial charge in [-0.1, -0.05) is 51.2 Å². The summed E-state index contributed by atoms with van der Waals surface area (Å²) in [4.78, 5) is 29.5. The van der Waals surface area contributed by atoms with E-state index in [1.165, 1.54) is 0 Å². The van der Waals surface area contributed by atoms with E-state index >= 15 is 0 Å². The van der Waals surface area contributed by atoms with E-state index in [0.29, 0.717) is 23.6 Å². The maximum absolute atomic E-state index is 12.8. The van der Waals surface area contributed by atoms with Crippen LogP contribution in [0.1, 0.15) is 63.3 Å². The third kappa shape index (κ3) is 8.02. The summed E-state index contributed by atoms with van der Waals surface area (Å²) in [5.41, 5.74) is 3.51. The first-order valence-corrected chi connectivity index (χ1v) is 14.7. The molecular weight excluding hydrogens is 530 g/mol. The van der Waals surface area contributed by atoms with Gasteiger partial charge in [-0.3, -0.25) is 18.7 Å². The van der Waals surface area contributed by atoms with Crippen molar-refractivity contribution in [2.75, 3.05) is 11.9 Å². The first-order valence-electron chi connectivity index (χ1n) is 12.7. The number of ether oxygens (including phenoxy) is 1. The second-order valence-electron chi connectivity index (χ2n) is 9.18. The summed E-state index contributed by atoms with van der Waals surface area (Å²) in [7, 11) is -4.85. The fourth-order valence-electron chi connectivity index (χ4n) is 4.17. The van der Waals surface area contributed by atoms with E-state index in [9.17, 15) is 22.6 Å². The van der Waals surface area contributed by atoms with E-state index in [0.717, 1.165) is 48.9 Å². The number of fused-ring (bicyclic) bond motifs is 1. The van der Waals surface area contributed by atoms with Gasteiger partial charge in [0.05, 0.1) is 24.1 Å². The first kappa shape index (κ1) is 29.6. The minimum Gasteiger partial charge on any atom is -0.466 e. The molecule has 0 spiro atoms. The van der Waals surface area contributed by atoms with Crippen LogP contribution in [0.2, 0.25) is 0 Å². The normalized spacial score (nSPS) is 12.4. The van der Waals surface area contributed by atoms with Gasteiger partial charge in [0.15, 0.2) is 5.25 Å².